The van der Waals surface area contributed by atoms with Gasteiger partial charge in [-0.2, -0.15) is 0 Å². The Morgan fingerprint density at radius 1 is 1.47 bits per heavy atom. The maximum absolute atomic E-state index is 10.6. The second-order valence-corrected chi connectivity index (χ2v) is 4.86. The smallest absolute Gasteiger partial charge is 0.258 e. The Hall–Kier alpha value is -0.800. The Labute approximate surface area is 97.1 Å². The molecule has 5 heteroatoms. The molecule has 80 valence electrons. The molecule has 0 aromatic heterocycles. The number of rotatable bonds is 3. The van der Waals surface area contributed by atoms with Crippen molar-refractivity contribution in [3.8, 4) is 0 Å². The zero-order chi connectivity index (χ0) is 11.0. The predicted octanol–water partition coefficient (Wildman–Crippen LogP) is 3.50. The third-order valence-corrected chi connectivity index (χ3v) is 3.32. The molecule has 1 aliphatic carbocycles. The fraction of sp³-hybridized carbons (Fsp3) is 0.400. The molecule has 1 aromatic rings. The van der Waals surface area contributed by atoms with Gasteiger partial charge in [-0.25, -0.2) is 0 Å². The Kier molecular flexibility index (Phi) is 2.85. The number of nitro groups is 1. The number of non-ortho nitro benzene ring substituents is 1. The number of halogens is 2. The lowest BCUT2D eigenvalue weighted by Gasteiger charge is -2.00. The molecular formula is C10H9Cl2NO2. The average molecular weight is 246 g/mol. The van der Waals surface area contributed by atoms with Crippen LogP contribution in [0, 0.1) is 16.0 Å². The Morgan fingerprint density at radius 3 is 2.73 bits per heavy atom. The molecule has 0 radical (unpaired) electrons. The summed E-state index contributed by atoms with van der Waals surface area (Å²) in [6.45, 7) is 0. The summed E-state index contributed by atoms with van der Waals surface area (Å²) in [5.41, 5.74) is 1.08. The molecule has 0 heterocycles. The van der Waals surface area contributed by atoms with Gasteiger partial charge in [0.15, 0.2) is 0 Å². The van der Waals surface area contributed by atoms with Crippen molar-refractivity contribution in [2.75, 3.05) is 0 Å². The molecule has 1 saturated carbocycles. The zero-order valence-corrected chi connectivity index (χ0v) is 9.28. The summed E-state index contributed by atoms with van der Waals surface area (Å²) in [7, 11) is 0. The van der Waals surface area contributed by atoms with Crippen LogP contribution in [0.25, 0.3) is 0 Å². The van der Waals surface area contributed by atoms with Gasteiger partial charge in [-0.15, -0.1) is 23.2 Å². The van der Waals surface area contributed by atoms with E-state index >= 15 is 0 Å². The van der Waals surface area contributed by atoms with Gasteiger partial charge in [-0.3, -0.25) is 10.1 Å². The highest BCUT2D eigenvalue weighted by molar-refractivity contribution is 6.44. The molecule has 15 heavy (non-hydrogen) atoms. The van der Waals surface area contributed by atoms with Gasteiger partial charge in [0.2, 0.25) is 0 Å². The molecule has 1 fully saturated rings. The van der Waals surface area contributed by atoms with Crippen molar-refractivity contribution in [2.24, 2.45) is 5.92 Å². The standard InChI is InChI=1S/C10H9Cl2NO2/c11-10(12)9-5-8(9)6-2-1-3-7(4-6)13(14)15/h1-4,8-10H,5H2. The first kappa shape index (κ1) is 10.7. The van der Waals surface area contributed by atoms with Crippen LogP contribution in [0.5, 0.6) is 0 Å². The third kappa shape index (κ3) is 2.24. The van der Waals surface area contributed by atoms with Crippen LogP contribution < -0.4 is 0 Å². The van der Waals surface area contributed by atoms with Gasteiger partial charge in [-0.05, 0) is 23.8 Å². The first-order chi connectivity index (χ1) is 7.09. The monoisotopic (exact) mass is 245 g/mol. The van der Waals surface area contributed by atoms with E-state index in [9.17, 15) is 10.1 Å². The molecular weight excluding hydrogens is 237 g/mol. The molecule has 3 nitrogen and oxygen atoms in total. The quantitative estimate of drug-likeness (QED) is 0.465. The summed E-state index contributed by atoms with van der Waals surface area (Å²) >= 11 is 11.5. The van der Waals surface area contributed by atoms with E-state index in [0.29, 0.717) is 0 Å². The fourth-order valence-corrected chi connectivity index (χ4v) is 2.30. The second-order valence-electron chi connectivity index (χ2n) is 3.69. The maximum atomic E-state index is 10.6. The van der Waals surface area contributed by atoms with Crippen molar-refractivity contribution in [3.05, 3.63) is 39.9 Å². The number of hydrogen-bond acceptors (Lipinski definition) is 2. The summed E-state index contributed by atoms with van der Waals surface area (Å²) < 4.78 is 0. The van der Waals surface area contributed by atoms with Crippen molar-refractivity contribution in [1.82, 2.24) is 0 Å². The summed E-state index contributed by atoms with van der Waals surface area (Å²) in [5.74, 6) is 0.528. The molecule has 0 amide bonds. The van der Waals surface area contributed by atoms with Crippen molar-refractivity contribution in [3.63, 3.8) is 0 Å². The van der Waals surface area contributed by atoms with Crippen molar-refractivity contribution < 1.29 is 4.92 Å². The van der Waals surface area contributed by atoms with Crippen LogP contribution in [0.2, 0.25) is 0 Å². The fourth-order valence-electron chi connectivity index (χ4n) is 1.75. The molecule has 1 aliphatic rings. The minimum atomic E-state index is -0.389. The Balaban J connectivity index is 2.17. The number of hydrogen-bond donors (Lipinski definition) is 0. The molecule has 0 saturated heterocycles. The number of nitro benzene ring substituents is 1. The predicted molar refractivity (Wildman–Crippen MR) is 59.4 cm³/mol. The molecule has 2 unspecified atom stereocenters. The number of nitrogens with zero attached hydrogens (tertiary/aromatic N) is 1. The second kappa shape index (κ2) is 3.99. The molecule has 0 N–H and O–H groups in total. The lowest BCUT2D eigenvalue weighted by Crippen LogP contribution is -1.94. The molecule has 2 rings (SSSR count). The van der Waals surface area contributed by atoms with E-state index in [1.54, 1.807) is 12.1 Å². The van der Waals surface area contributed by atoms with Gasteiger partial charge in [0, 0.05) is 12.1 Å². The number of alkyl halides is 2. The van der Waals surface area contributed by atoms with Crippen molar-refractivity contribution in [1.29, 1.82) is 0 Å². The highest BCUT2D eigenvalue weighted by Crippen LogP contribution is 2.52. The van der Waals surface area contributed by atoms with Crippen molar-refractivity contribution >= 4 is 28.9 Å². The summed E-state index contributed by atoms with van der Waals surface area (Å²) in [6, 6.07) is 6.66. The van der Waals surface area contributed by atoms with Crippen LogP contribution in [-0.2, 0) is 0 Å². The highest BCUT2D eigenvalue weighted by Gasteiger charge is 2.42. The first-order valence-corrected chi connectivity index (χ1v) is 5.49. The van der Waals surface area contributed by atoms with Gasteiger partial charge >= 0.3 is 0 Å². The van der Waals surface area contributed by atoms with Crippen LogP contribution in [0.15, 0.2) is 24.3 Å². The molecule has 0 bridgehead atoms. The normalized spacial score (nSPS) is 24.2. The van der Waals surface area contributed by atoms with Gasteiger partial charge in [0.05, 0.1) is 4.92 Å². The zero-order valence-electron chi connectivity index (χ0n) is 7.77. The van der Waals surface area contributed by atoms with Gasteiger partial charge in [0.25, 0.3) is 5.69 Å². The summed E-state index contributed by atoms with van der Waals surface area (Å²) in [5, 5.41) is 10.6. The van der Waals surface area contributed by atoms with Gasteiger partial charge < -0.3 is 0 Å². The Bertz CT molecular complexity index is 395. The van der Waals surface area contributed by atoms with E-state index in [-0.39, 0.29) is 27.3 Å². The minimum Gasteiger partial charge on any atom is -0.258 e. The van der Waals surface area contributed by atoms with Crippen molar-refractivity contribution in [2.45, 2.75) is 17.2 Å². The SMILES string of the molecule is O=[N+]([O-])c1cccc(C2CC2C(Cl)Cl)c1. The Morgan fingerprint density at radius 2 is 2.20 bits per heavy atom. The summed E-state index contributed by atoms with van der Waals surface area (Å²) in [4.78, 5) is 9.80. The molecule has 0 spiro atoms. The third-order valence-electron chi connectivity index (χ3n) is 2.67. The van der Waals surface area contributed by atoms with E-state index in [1.165, 1.54) is 6.07 Å². The topological polar surface area (TPSA) is 43.1 Å². The van der Waals surface area contributed by atoms with E-state index in [0.717, 1.165) is 12.0 Å². The van der Waals surface area contributed by atoms with E-state index in [4.69, 9.17) is 23.2 Å². The van der Waals surface area contributed by atoms with Crippen LogP contribution in [0.3, 0.4) is 0 Å². The van der Waals surface area contributed by atoms with Crippen LogP contribution >= 0.6 is 23.2 Å². The van der Waals surface area contributed by atoms with Gasteiger partial charge in [-0.1, -0.05) is 12.1 Å². The van der Waals surface area contributed by atoms with Gasteiger partial charge in [0.1, 0.15) is 4.84 Å². The average Bonchev–Trinajstić information content (AvgIpc) is 2.97. The number of benzene rings is 1. The first-order valence-electron chi connectivity index (χ1n) is 4.62. The maximum Gasteiger partial charge on any atom is 0.269 e. The van der Waals surface area contributed by atoms with E-state index in [2.05, 4.69) is 0 Å². The highest BCUT2D eigenvalue weighted by atomic mass is 35.5. The van der Waals surface area contributed by atoms with Crippen LogP contribution in [0.1, 0.15) is 17.9 Å². The van der Waals surface area contributed by atoms with Crippen LogP contribution in [0.4, 0.5) is 5.69 Å². The van der Waals surface area contributed by atoms with E-state index < -0.39 is 0 Å². The largest absolute Gasteiger partial charge is 0.269 e. The summed E-state index contributed by atoms with van der Waals surface area (Å²) in [6.07, 6.45) is 0.916. The van der Waals surface area contributed by atoms with Crippen LogP contribution in [-0.4, -0.2) is 9.76 Å². The molecule has 0 aliphatic heterocycles. The molecule has 2 atom stereocenters. The van der Waals surface area contributed by atoms with E-state index in [1.807, 2.05) is 6.07 Å². The molecule has 1 aromatic carbocycles. The minimum absolute atomic E-state index is 0.124. The lowest BCUT2D eigenvalue weighted by atomic mass is 10.1. The lowest BCUT2D eigenvalue weighted by molar-refractivity contribution is -0.384.